The Kier molecular flexibility index (Phi) is 5.55. The van der Waals surface area contributed by atoms with Gasteiger partial charge >= 0.3 is 5.97 Å². The lowest BCUT2D eigenvalue weighted by atomic mass is 10.1. The molecule has 0 aromatic heterocycles. The van der Waals surface area contributed by atoms with E-state index in [2.05, 4.69) is 10.6 Å². The standard InChI is InChI=1S/C17H24N2O3/c1-3-14(18-12-13-8-6-5-7-9-13)15(20)19-17(10-11-17)16(21)22-4-2/h5-9,14,18H,3-4,10-12H2,1-2H3,(H,19,20)/t14-/m0/s1. The summed E-state index contributed by atoms with van der Waals surface area (Å²) in [5.74, 6) is -0.453. The second-order valence-corrected chi connectivity index (χ2v) is 5.62. The van der Waals surface area contributed by atoms with Gasteiger partial charge in [0.2, 0.25) is 5.91 Å². The molecule has 0 spiro atoms. The van der Waals surface area contributed by atoms with Gasteiger partial charge in [0.25, 0.3) is 0 Å². The third-order valence-corrected chi connectivity index (χ3v) is 3.90. The average molecular weight is 304 g/mol. The van der Waals surface area contributed by atoms with Gasteiger partial charge in [-0.2, -0.15) is 0 Å². The number of amides is 1. The number of benzene rings is 1. The number of carbonyl (C=O) groups is 2. The summed E-state index contributed by atoms with van der Waals surface area (Å²) in [4.78, 5) is 24.3. The van der Waals surface area contributed by atoms with E-state index in [1.165, 1.54) is 0 Å². The molecule has 22 heavy (non-hydrogen) atoms. The summed E-state index contributed by atoms with van der Waals surface area (Å²) in [6.07, 6.45) is 1.98. The van der Waals surface area contributed by atoms with Gasteiger partial charge in [-0.15, -0.1) is 0 Å². The molecule has 0 heterocycles. The number of ether oxygens (including phenoxy) is 1. The molecule has 5 nitrogen and oxygen atoms in total. The molecular formula is C17H24N2O3. The van der Waals surface area contributed by atoms with Crippen LogP contribution in [0.1, 0.15) is 38.7 Å². The van der Waals surface area contributed by atoms with Crippen molar-refractivity contribution in [1.29, 1.82) is 0 Å². The van der Waals surface area contributed by atoms with E-state index in [1.807, 2.05) is 37.3 Å². The fourth-order valence-electron chi connectivity index (χ4n) is 2.36. The minimum atomic E-state index is -0.783. The summed E-state index contributed by atoms with van der Waals surface area (Å²) < 4.78 is 5.04. The third kappa shape index (κ3) is 4.07. The fourth-order valence-corrected chi connectivity index (χ4v) is 2.36. The molecule has 1 fully saturated rings. The molecule has 1 aromatic rings. The minimum absolute atomic E-state index is 0.135. The van der Waals surface area contributed by atoms with Crippen molar-refractivity contribution in [2.75, 3.05) is 6.61 Å². The first-order valence-electron chi connectivity index (χ1n) is 7.88. The van der Waals surface area contributed by atoms with Gasteiger partial charge in [-0.05, 0) is 31.7 Å². The van der Waals surface area contributed by atoms with Crippen LogP contribution in [0, 0.1) is 0 Å². The van der Waals surface area contributed by atoms with Crippen LogP contribution >= 0.6 is 0 Å². The zero-order valence-electron chi connectivity index (χ0n) is 13.2. The predicted octanol–water partition coefficient (Wildman–Crippen LogP) is 1.77. The lowest BCUT2D eigenvalue weighted by Crippen LogP contribution is -2.51. The van der Waals surface area contributed by atoms with Gasteiger partial charge < -0.3 is 15.4 Å². The van der Waals surface area contributed by atoms with Crippen LogP contribution in [-0.2, 0) is 20.9 Å². The van der Waals surface area contributed by atoms with Crippen LogP contribution in [0.15, 0.2) is 30.3 Å². The quantitative estimate of drug-likeness (QED) is 0.718. The number of nitrogens with one attached hydrogen (secondary N) is 2. The first-order valence-corrected chi connectivity index (χ1v) is 7.88. The minimum Gasteiger partial charge on any atom is -0.464 e. The van der Waals surface area contributed by atoms with Gasteiger partial charge in [-0.3, -0.25) is 4.79 Å². The second kappa shape index (κ2) is 7.40. The Bertz CT molecular complexity index is 512. The number of rotatable bonds is 8. The van der Waals surface area contributed by atoms with Gasteiger partial charge in [0.1, 0.15) is 5.54 Å². The van der Waals surface area contributed by atoms with Gasteiger partial charge in [0.15, 0.2) is 0 Å². The van der Waals surface area contributed by atoms with E-state index >= 15 is 0 Å². The van der Waals surface area contributed by atoms with Crippen LogP contribution in [0.25, 0.3) is 0 Å². The van der Waals surface area contributed by atoms with Crippen molar-refractivity contribution >= 4 is 11.9 Å². The number of hydrogen-bond donors (Lipinski definition) is 2. The Hall–Kier alpha value is -1.88. The van der Waals surface area contributed by atoms with Crippen LogP contribution < -0.4 is 10.6 Å². The summed E-state index contributed by atoms with van der Waals surface area (Å²) in [7, 11) is 0. The Morgan fingerprint density at radius 1 is 1.23 bits per heavy atom. The Morgan fingerprint density at radius 2 is 1.91 bits per heavy atom. The summed E-state index contributed by atoms with van der Waals surface area (Å²) in [5.41, 5.74) is 0.342. The molecule has 0 aliphatic heterocycles. The molecule has 0 saturated heterocycles. The zero-order chi connectivity index (χ0) is 16.0. The van der Waals surface area contributed by atoms with Gasteiger partial charge in [-0.25, -0.2) is 4.79 Å². The Morgan fingerprint density at radius 3 is 2.45 bits per heavy atom. The number of carbonyl (C=O) groups excluding carboxylic acids is 2. The van der Waals surface area contributed by atoms with Crippen LogP contribution in [0.2, 0.25) is 0 Å². The van der Waals surface area contributed by atoms with Crippen molar-refractivity contribution in [2.24, 2.45) is 0 Å². The van der Waals surface area contributed by atoms with E-state index in [4.69, 9.17) is 4.74 Å². The van der Waals surface area contributed by atoms with E-state index in [0.29, 0.717) is 32.4 Å². The molecule has 0 unspecified atom stereocenters. The van der Waals surface area contributed by atoms with Gasteiger partial charge in [0, 0.05) is 6.54 Å². The maximum atomic E-state index is 12.4. The lowest BCUT2D eigenvalue weighted by Gasteiger charge is -2.21. The fraction of sp³-hybridized carbons (Fsp3) is 0.529. The monoisotopic (exact) mass is 304 g/mol. The van der Waals surface area contributed by atoms with E-state index in [0.717, 1.165) is 5.56 Å². The molecule has 2 N–H and O–H groups in total. The van der Waals surface area contributed by atoms with Crippen LogP contribution in [-0.4, -0.2) is 30.1 Å². The van der Waals surface area contributed by atoms with Crippen molar-refractivity contribution in [3.63, 3.8) is 0 Å². The van der Waals surface area contributed by atoms with Crippen LogP contribution in [0.4, 0.5) is 0 Å². The van der Waals surface area contributed by atoms with Crippen molar-refractivity contribution in [2.45, 2.75) is 51.2 Å². The lowest BCUT2D eigenvalue weighted by molar-refractivity contribution is -0.149. The molecule has 1 saturated carbocycles. The maximum absolute atomic E-state index is 12.4. The zero-order valence-corrected chi connectivity index (χ0v) is 13.2. The summed E-state index contributed by atoms with van der Waals surface area (Å²) in [6, 6.07) is 9.61. The largest absolute Gasteiger partial charge is 0.464 e. The molecule has 5 heteroatoms. The van der Waals surface area contributed by atoms with Crippen molar-refractivity contribution in [3.05, 3.63) is 35.9 Å². The average Bonchev–Trinajstić information content (AvgIpc) is 3.30. The van der Waals surface area contributed by atoms with Crippen LogP contribution in [0.5, 0.6) is 0 Å². The first-order chi connectivity index (χ1) is 10.6. The van der Waals surface area contributed by atoms with Crippen LogP contribution in [0.3, 0.4) is 0 Å². The molecule has 0 radical (unpaired) electrons. The molecule has 0 bridgehead atoms. The van der Waals surface area contributed by atoms with Crippen molar-refractivity contribution < 1.29 is 14.3 Å². The van der Waals surface area contributed by atoms with Gasteiger partial charge in [0.05, 0.1) is 12.6 Å². The highest BCUT2D eigenvalue weighted by Gasteiger charge is 2.53. The summed E-state index contributed by atoms with van der Waals surface area (Å²) in [5, 5.41) is 6.11. The highest BCUT2D eigenvalue weighted by molar-refractivity contribution is 5.92. The third-order valence-electron chi connectivity index (χ3n) is 3.90. The van der Waals surface area contributed by atoms with E-state index < -0.39 is 5.54 Å². The molecule has 1 aliphatic rings. The maximum Gasteiger partial charge on any atom is 0.331 e. The number of hydrogen-bond acceptors (Lipinski definition) is 4. The molecule has 2 rings (SSSR count). The number of esters is 1. The van der Waals surface area contributed by atoms with E-state index in [1.54, 1.807) is 6.92 Å². The highest BCUT2D eigenvalue weighted by atomic mass is 16.5. The predicted molar refractivity (Wildman–Crippen MR) is 84.1 cm³/mol. The molecule has 1 amide bonds. The van der Waals surface area contributed by atoms with Crippen molar-refractivity contribution in [3.8, 4) is 0 Å². The van der Waals surface area contributed by atoms with E-state index in [-0.39, 0.29) is 17.9 Å². The molecule has 1 aliphatic carbocycles. The first kappa shape index (κ1) is 16.5. The molecule has 120 valence electrons. The topological polar surface area (TPSA) is 67.4 Å². The second-order valence-electron chi connectivity index (χ2n) is 5.62. The SMILES string of the molecule is CCOC(=O)C1(NC(=O)[C@H](CC)NCc2ccccc2)CC1. The normalized spacial score (nSPS) is 16.6. The Labute approximate surface area is 131 Å². The summed E-state index contributed by atoms with van der Waals surface area (Å²) in [6.45, 7) is 4.68. The molecule has 1 atom stereocenters. The Balaban J connectivity index is 1.88. The molecular weight excluding hydrogens is 280 g/mol. The van der Waals surface area contributed by atoms with Gasteiger partial charge in [-0.1, -0.05) is 37.3 Å². The molecule has 1 aromatic carbocycles. The van der Waals surface area contributed by atoms with Crippen molar-refractivity contribution in [1.82, 2.24) is 10.6 Å². The highest BCUT2D eigenvalue weighted by Crippen LogP contribution is 2.36. The smallest absolute Gasteiger partial charge is 0.331 e. The summed E-state index contributed by atoms with van der Waals surface area (Å²) >= 11 is 0. The van der Waals surface area contributed by atoms with E-state index in [9.17, 15) is 9.59 Å².